The first-order valence-electron chi connectivity index (χ1n) is 13.5. The van der Waals surface area contributed by atoms with Crippen LogP contribution in [0.2, 0.25) is 0 Å². The number of ether oxygens (including phenoxy) is 3. The summed E-state index contributed by atoms with van der Waals surface area (Å²) in [4.78, 5) is 28.8. The molecule has 5 aliphatic rings. The Kier molecular flexibility index (Phi) is 6.97. The smallest absolute Gasteiger partial charge is 0.249 e. The maximum Gasteiger partial charge on any atom is 0.249 e. The summed E-state index contributed by atoms with van der Waals surface area (Å²) < 4.78 is 18.0. The van der Waals surface area contributed by atoms with Crippen molar-refractivity contribution in [1.82, 2.24) is 10.2 Å². The van der Waals surface area contributed by atoms with E-state index >= 15 is 0 Å². The summed E-state index contributed by atoms with van der Waals surface area (Å²) in [6.07, 6.45) is 5.44. The van der Waals surface area contributed by atoms with Gasteiger partial charge in [0.2, 0.25) is 11.8 Å². The summed E-state index contributed by atoms with van der Waals surface area (Å²) >= 11 is 0. The number of hydrogen-bond donors (Lipinski definition) is 2. The molecule has 5 fully saturated rings. The fourth-order valence-electron chi connectivity index (χ4n) is 8.38. The molecule has 192 valence electrons. The van der Waals surface area contributed by atoms with Gasteiger partial charge in [-0.05, 0) is 64.7 Å². The summed E-state index contributed by atoms with van der Waals surface area (Å²) in [6, 6.07) is 1.18. The van der Waals surface area contributed by atoms with Crippen molar-refractivity contribution in [2.45, 2.75) is 108 Å². The van der Waals surface area contributed by atoms with Crippen LogP contribution >= 0.6 is 0 Å². The molecule has 3 aliphatic heterocycles. The molecule has 3 N–H and O–H groups in total. The van der Waals surface area contributed by atoms with Crippen LogP contribution < -0.4 is 10.6 Å². The number of piperidine rings is 2. The number of nitrogens with two attached hydrogens (primary N) is 1. The highest BCUT2D eigenvalue weighted by atomic mass is 16.5. The Labute approximate surface area is 203 Å². The van der Waals surface area contributed by atoms with Crippen molar-refractivity contribution in [3.63, 3.8) is 0 Å². The van der Waals surface area contributed by atoms with Crippen LogP contribution in [0.25, 0.3) is 0 Å². The van der Waals surface area contributed by atoms with Crippen molar-refractivity contribution in [3.8, 4) is 0 Å². The van der Waals surface area contributed by atoms with E-state index in [2.05, 4.69) is 15.5 Å². The second-order valence-corrected chi connectivity index (χ2v) is 11.6. The van der Waals surface area contributed by atoms with E-state index in [9.17, 15) is 9.59 Å². The second kappa shape index (κ2) is 9.68. The number of fused-ring (bicyclic) bond motifs is 5. The third-order valence-corrected chi connectivity index (χ3v) is 9.59. The number of rotatable bonds is 6. The second-order valence-electron chi connectivity index (χ2n) is 11.6. The lowest BCUT2D eigenvalue weighted by Crippen LogP contribution is -2.99. The number of nitrogens with one attached hydrogen (secondary N) is 1. The van der Waals surface area contributed by atoms with E-state index in [1.165, 1.54) is 0 Å². The van der Waals surface area contributed by atoms with Crippen molar-refractivity contribution < 1.29 is 29.1 Å². The van der Waals surface area contributed by atoms with Crippen molar-refractivity contribution in [2.24, 2.45) is 23.7 Å². The number of quaternary nitrogens is 1. The van der Waals surface area contributed by atoms with Gasteiger partial charge in [0.25, 0.3) is 0 Å². The Bertz CT molecular complexity index is 778. The van der Waals surface area contributed by atoms with E-state index < -0.39 is 6.10 Å². The molecule has 3 saturated heterocycles. The van der Waals surface area contributed by atoms with E-state index in [1.807, 2.05) is 20.8 Å². The minimum absolute atomic E-state index is 0.00727. The lowest BCUT2D eigenvalue weighted by molar-refractivity contribution is -0.713. The van der Waals surface area contributed by atoms with Gasteiger partial charge in [0.05, 0.1) is 36.8 Å². The molecular formula is C26H44N3O5+. The summed E-state index contributed by atoms with van der Waals surface area (Å²) in [5.74, 6) is 1.52. The fraction of sp³-hybridized carbons (Fsp3) is 0.923. The first kappa shape index (κ1) is 24.5. The normalized spacial score (nSPS) is 44.3. The van der Waals surface area contributed by atoms with Gasteiger partial charge in [0.15, 0.2) is 0 Å². The number of nitrogens with zero attached hydrogens (tertiary/aromatic N) is 1. The molecule has 0 aromatic rings. The number of amides is 2. The van der Waals surface area contributed by atoms with Gasteiger partial charge in [-0.15, -0.1) is 0 Å². The van der Waals surface area contributed by atoms with Crippen LogP contribution in [0.4, 0.5) is 0 Å². The standard InChI is InChI=1S/C26H43N3O5/c1-13(2)28-25(30)14(3)34-15-6-8-19-18(12-15)16-10-11-27-22-17-7-9-20(32-4)24(33-5)21(17)26(31)29(19)23(16)22/h13-24,27H,6-12H2,1-5H3,(H,28,30)/p+1/t14-,15?,16?,17?,18?,19?,20?,21?,22?,23?,24?/m1/s1. The quantitative estimate of drug-likeness (QED) is 0.586. The molecule has 11 atom stereocenters. The van der Waals surface area contributed by atoms with Crippen LogP contribution in [0.5, 0.6) is 0 Å². The molecular weight excluding hydrogens is 434 g/mol. The highest BCUT2D eigenvalue weighted by Crippen LogP contribution is 2.53. The van der Waals surface area contributed by atoms with Crippen LogP contribution in [0.15, 0.2) is 0 Å². The Hall–Kier alpha value is -1.22. The SMILES string of the molecule is COC1CCC2C3[NH2+]CCC4C5CC(O[C@H](C)C(=O)NC(C)C)CCC5N(C(=O)C2C1OC)C43. The largest absolute Gasteiger partial charge is 0.379 e. The zero-order chi connectivity index (χ0) is 24.1. The molecule has 8 nitrogen and oxygen atoms in total. The third kappa shape index (κ3) is 3.98. The summed E-state index contributed by atoms with van der Waals surface area (Å²) in [6.45, 7) is 6.93. The molecule has 0 bridgehead atoms. The zero-order valence-electron chi connectivity index (χ0n) is 21.4. The average Bonchev–Trinajstić information content (AvgIpc) is 3.15. The predicted octanol–water partition coefficient (Wildman–Crippen LogP) is 0.686. The summed E-state index contributed by atoms with van der Waals surface area (Å²) in [7, 11) is 3.48. The number of hydrogen-bond acceptors (Lipinski definition) is 5. The topological polar surface area (TPSA) is 93.7 Å². The van der Waals surface area contributed by atoms with Crippen molar-refractivity contribution in [3.05, 3.63) is 0 Å². The zero-order valence-corrected chi connectivity index (χ0v) is 21.4. The molecule has 0 aromatic heterocycles. The third-order valence-electron chi connectivity index (χ3n) is 9.59. The lowest BCUT2D eigenvalue weighted by Gasteiger charge is -2.53. The van der Waals surface area contributed by atoms with Crippen molar-refractivity contribution in [1.29, 1.82) is 0 Å². The molecule has 10 unspecified atom stereocenters. The molecule has 5 rings (SSSR count). The minimum atomic E-state index is -0.446. The van der Waals surface area contributed by atoms with E-state index in [0.717, 1.165) is 45.1 Å². The van der Waals surface area contributed by atoms with Gasteiger partial charge in [-0.1, -0.05) is 0 Å². The number of methoxy groups -OCH3 is 2. The molecule has 3 heterocycles. The molecule has 0 aromatic carbocycles. The molecule has 34 heavy (non-hydrogen) atoms. The van der Waals surface area contributed by atoms with Gasteiger partial charge in [-0.2, -0.15) is 0 Å². The van der Waals surface area contributed by atoms with Gasteiger partial charge in [0.1, 0.15) is 12.1 Å². The Morgan fingerprint density at radius 2 is 1.82 bits per heavy atom. The lowest BCUT2D eigenvalue weighted by atomic mass is 9.64. The van der Waals surface area contributed by atoms with Crippen LogP contribution in [-0.4, -0.2) is 86.1 Å². The van der Waals surface area contributed by atoms with Crippen molar-refractivity contribution in [2.75, 3.05) is 20.8 Å². The maximum atomic E-state index is 14.1. The van der Waals surface area contributed by atoms with E-state index in [4.69, 9.17) is 14.2 Å². The van der Waals surface area contributed by atoms with E-state index in [1.54, 1.807) is 14.2 Å². The molecule has 2 amide bonds. The van der Waals surface area contributed by atoms with Gasteiger partial charge < -0.3 is 29.7 Å². The molecule has 2 aliphatic carbocycles. The Morgan fingerprint density at radius 3 is 2.53 bits per heavy atom. The fourth-order valence-corrected chi connectivity index (χ4v) is 8.38. The average molecular weight is 479 g/mol. The first-order chi connectivity index (χ1) is 16.3. The first-order valence-corrected chi connectivity index (χ1v) is 13.5. The van der Waals surface area contributed by atoms with E-state index in [-0.39, 0.29) is 42.2 Å². The minimum Gasteiger partial charge on any atom is -0.379 e. The van der Waals surface area contributed by atoms with Crippen molar-refractivity contribution >= 4 is 11.8 Å². The summed E-state index contributed by atoms with van der Waals surface area (Å²) in [5, 5.41) is 5.49. The van der Waals surface area contributed by atoms with Gasteiger partial charge >= 0.3 is 0 Å². The monoisotopic (exact) mass is 478 g/mol. The van der Waals surface area contributed by atoms with Crippen LogP contribution in [-0.2, 0) is 23.8 Å². The van der Waals surface area contributed by atoms with Gasteiger partial charge in [-0.25, -0.2) is 0 Å². The van der Waals surface area contributed by atoms with Crippen LogP contribution in [0.1, 0.15) is 59.3 Å². The Balaban J connectivity index is 1.35. The van der Waals surface area contributed by atoms with Gasteiger partial charge in [0, 0.05) is 38.6 Å². The van der Waals surface area contributed by atoms with Gasteiger partial charge in [-0.3, -0.25) is 9.59 Å². The Morgan fingerprint density at radius 1 is 1.03 bits per heavy atom. The number of carbonyl (C=O) groups is 2. The highest BCUT2D eigenvalue weighted by Gasteiger charge is 2.66. The van der Waals surface area contributed by atoms with Crippen LogP contribution in [0, 0.1) is 23.7 Å². The molecule has 0 radical (unpaired) electrons. The molecule has 8 heteroatoms. The van der Waals surface area contributed by atoms with E-state index in [0.29, 0.717) is 35.7 Å². The van der Waals surface area contributed by atoms with Crippen LogP contribution in [0.3, 0.4) is 0 Å². The predicted molar refractivity (Wildman–Crippen MR) is 126 cm³/mol. The number of carbonyl (C=O) groups excluding carboxylic acids is 2. The highest BCUT2D eigenvalue weighted by molar-refractivity contribution is 5.83. The summed E-state index contributed by atoms with van der Waals surface area (Å²) in [5.41, 5.74) is 0. The molecule has 0 spiro atoms. The molecule has 2 saturated carbocycles. The maximum absolute atomic E-state index is 14.1.